The van der Waals surface area contributed by atoms with Crippen LogP contribution >= 0.6 is 0 Å². The standard InChI is InChI=1S/C18H16FNO6S/c1-24-12-5-7-13(15(9-12)25-2)20-10-17(18(21)26-3)27(22,23)16-8-11(19)4-6-14(16)20/h4-10H,1-3H3. The molecule has 7 nitrogen and oxygen atoms in total. The molecular weight excluding hydrogens is 377 g/mol. The number of hydrogen-bond acceptors (Lipinski definition) is 7. The van der Waals surface area contributed by atoms with Crippen molar-refractivity contribution in [1.29, 1.82) is 0 Å². The Labute approximate surface area is 155 Å². The lowest BCUT2D eigenvalue weighted by atomic mass is 10.2. The van der Waals surface area contributed by atoms with Crippen LogP contribution in [0.15, 0.2) is 52.4 Å². The van der Waals surface area contributed by atoms with E-state index in [-0.39, 0.29) is 10.6 Å². The minimum Gasteiger partial charge on any atom is -0.497 e. The molecule has 3 rings (SSSR count). The van der Waals surface area contributed by atoms with E-state index in [4.69, 9.17) is 9.47 Å². The van der Waals surface area contributed by atoms with Crippen molar-refractivity contribution in [3.05, 3.63) is 53.3 Å². The van der Waals surface area contributed by atoms with Gasteiger partial charge in [-0.15, -0.1) is 0 Å². The second-order valence-corrected chi connectivity index (χ2v) is 7.39. The maximum Gasteiger partial charge on any atom is 0.351 e. The summed E-state index contributed by atoms with van der Waals surface area (Å²) in [5, 5.41) is 0. The summed E-state index contributed by atoms with van der Waals surface area (Å²) in [4.78, 5) is 12.5. The zero-order valence-electron chi connectivity index (χ0n) is 14.7. The largest absolute Gasteiger partial charge is 0.497 e. The summed E-state index contributed by atoms with van der Waals surface area (Å²) in [5.74, 6) is -0.909. The number of carbonyl (C=O) groups is 1. The Kier molecular flexibility index (Phi) is 4.79. The van der Waals surface area contributed by atoms with Crippen LogP contribution in [0.1, 0.15) is 0 Å². The van der Waals surface area contributed by atoms with Gasteiger partial charge in [0.25, 0.3) is 0 Å². The Morgan fingerprint density at radius 2 is 1.70 bits per heavy atom. The van der Waals surface area contributed by atoms with Crippen LogP contribution in [0.5, 0.6) is 11.5 Å². The monoisotopic (exact) mass is 393 g/mol. The molecule has 1 aliphatic heterocycles. The van der Waals surface area contributed by atoms with Crippen molar-refractivity contribution < 1.29 is 31.8 Å². The van der Waals surface area contributed by atoms with Gasteiger partial charge in [0.2, 0.25) is 9.84 Å². The van der Waals surface area contributed by atoms with Gasteiger partial charge in [-0.3, -0.25) is 0 Å². The van der Waals surface area contributed by atoms with Crippen molar-refractivity contribution >= 4 is 27.2 Å². The number of carbonyl (C=O) groups excluding carboxylic acids is 1. The van der Waals surface area contributed by atoms with E-state index in [1.54, 1.807) is 18.2 Å². The molecule has 0 saturated carbocycles. The van der Waals surface area contributed by atoms with Gasteiger partial charge >= 0.3 is 5.97 Å². The van der Waals surface area contributed by atoms with Gasteiger partial charge < -0.3 is 19.1 Å². The molecule has 0 saturated heterocycles. The van der Waals surface area contributed by atoms with E-state index in [1.165, 1.54) is 25.2 Å². The van der Waals surface area contributed by atoms with Crippen molar-refractivity contribution in [2.24, 2.45) is 0 Å². The molecule has 0 amide bonds. The van der Waals surface area contributed by atoms with Crippen LogP contribution in [-0.2, 0) is 19.4 Å². The SMILES string of the molecule is COC(=O)C1=CN(c2ccc(OC)cc2OC)c2ccc(F)cc2S1(=O)=O. The normalized spacial score (nSPS) is 14.8. The zero-order valence-corrected chi connectivity index (χ0v) is 15.5. The number of hydrogen-bond donors (Lipinski definition) is 0. The minimum absolute atomic E-state index is 0.174. The predicted molar refractivity (Wildman–Crippen MR) is 95.4 cm³/mol. The first-order valence-corrected chi connectivity index (χ1v) is 9.18. The quantitative estimate of drug-likeness (QED) is 0.739. The highest BCUT2D eigenvalue weighted by Gasteiger charge is 2.37. The van der Waals surface area contributed by atoms with Crippen molar-refractivity contribution in [1.82, 2.24) is 0 Å². The van der Waals surface area contributed by atoms with Crippen LogP contribution in [0.25, 0.3) is 0 Å². The third-order valence-electron chi connectivity index (χ3n) is 4.04. The molecule has 0 bridgehead atoms. The highest BCUT2D eigenvalue weighted by molar-refractivity contribution is 7.96. The van der Waals surface area contributed by atoms with Gasteiger partial charge in [0.15, 0.2) is 4.91 Å². The van der Waals surface area contributed by atoms with E-state index in [2.05, 4.69) is 4.74 Å². The fourth-order valence-electron chi connectivity index (χ4n) is 2.72. The number of ether oxygens (including phenoxy) is 3. The van der Waals surface area contributed by atoms with Gasteiger partial charge in [-0.05, 0) is 30.3 Å². The molecule has 0 aromatic heterocycles. The number of fused-ring (bicyclic) bond motifs is 1. The van der Waals surface area contributed by atoms with E-state index in [1.807, 2.05) is 0 Å². The van der Waals surface area contributed by atoms with Gasteiger partial charge in [0, 0.05) is 12.3 Å². The van der Waals surface area contributed by atoms with E-state index >= 15 is 0 Å². The van der Waals surface area contributed by atoms with Gasteiger partial charge in [-0.25, -0.2) is 17.6 Å². The van der Waals surface area contributed by atoms with Crippen molar-refractivity contribution in [2.75, 3.05) is 26.2 Å². The van der Waals surface area contributed by atoms with Crippen LogP contribution < -0.4 is 14.4 Å². The summed E-state index contributed by atoms with van der Waals surface area (Å²) in [5.41, 5.74) is 0.606. The maximum absolute atomic E-state index is 13.8. The van der Waals surface area contributed by atoms with Crippen molar-refractivity contribution in [2.45, 2.75) is 4.90 Å². The molecule has 2 aromatic rings. The molecule has 1 aliphatic rings. The Morgan fingerprint density at radius 3 is 2.33 bits per heavy atom. The molecule has 0 aliphatic carbocycles. The zero-order chi connectivity index (χ0) is 19.8. The first-order chi connectivity index (χ1) is 12.8. The Balaban J connectivity index is 2.31. The molecule has 0 unspecified atom stereocenters. The van der Waals surface area contributed by atoms with Crippen LogP contribution in [0.3, 0.4) is 0 Å². The number of halogens is 1. The molecule has 2 aromatic carbocycles. The molecule has 27 heavy (non-hydrogen) atoms. The minimum atomic E-state index is -4.25. The lowest BCUT2D eigenvalue weighted by Crippen LogP contribution is -2.26. The maximum atomic E-state index is 13.8. The average molecular weight is 393 g/mol. The highest BCUT2D eigenvalue weighted by atomic mass is 32.2. The molecule has 0 atom stereocenters. The summed E-state index contributed by atoms with van der Waals surface area (Å²) < 4.78 is 54.4. The van der Waals surface area contributed by atoms with Crippen molar-refractivity contribution in [3.63, 3.8) is 0 Å². The summed E-state index contributed by atoms with van der Waals surface area (Å²) in [6.45, 7) is 0. The molecule has 1 heterocycles. The second-order valence-electron chi connectivity index (χ2n) is 5.51. The molecule has 142 valence electrons. The van der Waals surface area contributed by atoms with E-state index in [0.29, 0.717) is 17.2 Å². The summed E-state index contributed by atoms with van der Waals surface area (Å²) in [6, 6.07) is 8.20. The topological polar surface area (TPSA) is 82.1 Å². The number of nitrogens with zero attached hydrogens (tertiary/aromatic N) is 1. The van der Waals surface area contributed by atoms with Crippen LogP contribution in [0, 0.1) is 5.82 Å². The van der Waals surface area contributed by atoms with Crippen LogP contribution in [0.4, 0.5) is 15.8 Å². The van der Waals surface area contributed by atoms with Gasteiger partial charge in [0.1, 0.15) is 17.3 Å². The number of methoxy groups -OCH3 is 3. The summed E-state index contributed by atoms with van der Waals surface area (Å²) >= 11 is 0. The third-order valence-corrected chi connectivity index (χ3v) is 5.80. The highest BCUT2D eigenvalue weighted by Crippen LogP contribution is 2.44. The molecule has 0 fully saturated rings. The van der Waals surface area contributed by atoms with E-state index < -0.39 is 26.5 Å². The summed E-state index contributed by atoms with van der Waals surface area (Å²) in [7, 11) is -0.248. The molecule has 9 heteroatoms. The van der Waals surface area contributed by atoms with Gasteiger partial charge in [-0.2, -0.15) is 0 Å². The van der Waals surface area contributed by atoms with Gasteiger partial charge in [-0.1, -0.05) is 0 Å². The smallest absolute Gasteiger partial charge is 0.351 e. The van der Waals surface area contributed by atoms with Gasteiger partial charge in [0.05, 0.1) is 37.6 Å². The number of sulfone groups is 1. The average Bonchev–Trinajstić information content (AvgIpc) is 2.67. The molecule has 0 spiro atoms. The third kappa shape index (κ3) is 3.10. The van der Waals surface area contributed by atoms with Crippen LogP contribution in [-0.4, -0.2) is 35.7 Å². The number of anilines is 2. The number of esters is 1. The fraction of sp³-hybridized carbons (Fsp3) is 0.167. The first kappa shape index (κ1) is 18.7. The lowest BCUT2D eigenvalue weighted by Gasteiger charge is -2.29. The van der Waals surface area contributed by atoms with Crippen molar-refractivity contribution in [3.8, 4) is 11.5 Å². The lowest BCUT2D eigenvalue weighted by molar-refractivity contribution is -0.135. The number of benzene rings is 2. The van der Waals surface area contributed by atoms with E-state index in [9.17, 15) is 17.6 Å². The summed E-state index contributed by atoms with van der Waals surface area (Å²) in [6.07, 6.45) is 1.13. The molecule has 0 radical (unpaired) electrons. The predicted octanol–water partition coefficient (Wildman–Crippen LogP) is 2.78. The Morgan fingerprint density at radius 1 is 1.00 bits per heavy atom. The van der Waals surface area contributed by atoms with Crippen LogP contribution in [0.2, 0.25) is 0 Å². The van der Waals surface area contributed by atoms with E-state index in [0.717, 1.165) is 25.4 Å². The molecular formula is C18H16FNO6S. The fourth-order valence-corrected chi connectivity index (χ4v) is 4.22. The Hall–Kier alpha value is -3.07. The first-order valence-electron chi connectivity index (χ1n) is 7.69. The second kappa shape index (κ2) is 6.92. The number of rotatable bonds is 4. The molecule has 0 N–H and O–H groups in total. The Bertz CT molecular complexity index is 1050.